The van der Waals surface area contributed by atoms with Gasteiger partial charge in [-0.15, -0.1) is 0 Å². The summed E-state index contributed by atoms with van der Waals surface area (Å²) in [6.07, 6.45) is 1.82. The van der Waals surface area contributed by atoms with Crippen LogP contribution in [-0.2, 0) is 12.8 Å². The molecule has 0 atom stereocenters. The number of nitrogens with one attached hydrogen (secondary N) is 2. The van der Waals surface area contributed by atoms with E-state index in [0.717, 1.165) is 43.3 Å². The second-order valence-corrected chi connectivity index (χ2v) is 5.50. The molecule has 1 aliphatic rings. The molecule has 0 bridgehead atoms. The van der Waals surface area contributed by atoms with Crippen molar-refractivity contribution in [3.05, 3.63) is 47.2 Å². The van der Waals surface area contributed by atoms with Gasteiger partial charge >= 0.3 is 0 Å². The van der Waals surface area contributed by atoms with E-state index < -0.39 is 0 Å². The summed E-state index contributed by atoms with van der Waals surface area (Å²) in [5.41, 5.74) is 2.28. The van der Waals surface area contributed by atoms with Crippen LogP contribution in [0.2, 0.25) is 0 Å². The standard InChI is InChI=1S/C17H21FN4O/c1-12-21-15-7-9-19-8-6-13(15)17(22-12)20-10-11-23-16-5-3-2-4-14(16)18/h2-5,19H,6-11H2,1H3,(H,20,21,22). The van der Waals surface area contributed by atoms with Gasteiger partial charge in [-0.2, -0.15) is 0 Å². The van der Waals surface area contributed by atoms with Crippen molar-refractivity contribution < 1.29 is 9.13 Å². The number of rotatable bonds is 5. The van der Waals surface area contributed by atoms with E-state index in [1.54, 1.807) is 18.2 Å². The predicted molar refractivity (Wildman–Crippen MR) is 87.4 cm³/mol. The van der Waals surface area contributed by atoms with Crippen molar-refractivity contribution in [1.29, 1.82) is 0 Å². The van der Waals surface area contributed by atoms with Crippen LogP contribution >= 0.6 is 0 Å². The van der Waals surface area contributed by atoms with Gasteiger partial charge in [0.15, 0.2) is 11.6 Å². The number of hydrogen-bond donors (Lipinski definition) is 2. The number of fused-ring (bicyclic) bond motifs is 1. The van der Waals surface area contributed by atoms with Gasteiger partial charge in [0, 0.05) is 18.5 Å². The molecule has 23 heavy (non-hydrogen) atoms. The molecule has 6 heteroatoms. The smallest absolute Gasteiger partial charge is 0.165 e. The fourth-order valence-electron chi connectivity index (χ4n) is 2.71. The average Bonchev–Trinajstić information content (AvgIpc) is 2.78. The Bertz CT molecular complexity index is 678. The van der Waals surface area contributed by atoms with Gasteiger partial charge in [0.25, 0.3) is 0 Å². The van der Waals surface area contributed by atoms with Crippen LogP contribution in [0.4, 0.5) is 10.2 Å². The molecule has 2 aromatic rings. The molecular weight excluding hydrogens is 295 g/mol. The summed E-state index contributed by atoms with van der Waals surface area (Å²) >= 11 is 0. The van der Waals surface area contributed by atoms with Crippen LogP contribution in [0.1, 0.15) is 17.1 Å². The van der Waals surface area contributed by atoms with Crippen molar-refractivity contribution in [3.63, 3.8) is 0 Å². The van der Waals surface area contributed by atoms with Crippen molar-refractivity contribution in [2.24, 2.45) is 0 Å². The molecule has 0 radical (unpaired) electrons. The lowest BCUT2D eigenvalue weighted by Crippen LogP contribution is -2.17. The first-order chi connectivity index (χ1) is 11.2. The first kappa shape index (κ1) is 15.7. The second kappa shape index (κ2) is 7.37. The Morgan fingerprint density at radius 1 is 1.22 bits per heavy atom. The highest BCUT2D eigenvalue weighted by Gasteiger charge is 2.15. The number of aromatic nitrogens is 2. The Hall–Kier alpha value is -2.21. The summed E-state index contributed by atoms with van der Waals surface area (Å²) in [5.74, 6) is 1.57. The Morgan fingerprint density at radius 2 is 2.04 bits per heavy atom. The summed E-state index contributed by atoms with van der Waals surface area (Å²) in [7, 11) is 0. The molecule has 2 N–H and O–H groups in total. The number of halogens is 1. The third kappa shape index (κ3) is 3.96. The van der Waals surface area contributed by atoms with Gasteiger partial charge in [-0.3, -0.25) is 0 Å². The quantitative estimate of drug-likeness (QED) is 0.827. The zero-order chi connectivity index (χ0) is 16.1. The summed E-state index contributed by atoms with van der Waals surface area (Å²) in [6, 6.07) is 6.42. The Kier molecular flexibility index (Phi) is 5.02. The minimum atomic E-state index is -0.342. The van der Waals surface area contributed by atoms with Gasteiger partial charge in [-0.25, -0.2) is 14.4 Å². The maximum absolute atomic E-state index is 13.5. The molecule has 0 unspecified atom stereocenters. The van der Waals surface area contributed by atoms with Gasteiger partial charge in [0.05, 0.1) is 12.2 Å². The molecular formula is C17H21FN4O. The zero-order valence-electron chi connectivity index (χ0n) is 13.2. The number of ether oxygens (including phenoxy) is 1. The van der Waals surface area contributed by atoms with Crippen molar-refractivity contribution in [1.82, 2.24) is 15.3 Å². The summed E-state index contributed by atoms with van der Waals surface area (Å²) < 4.78 is 19.0. The molecule has 0 spiro atoms. The van der Waals surface area contributed by atoms with E-state index in [4.69, 9.17) is 4.74 Å². The second-order valence-electron chi connectivity index (χ2n) is 5.50. The molecule has 2 heterocycles. The lowest BCUT2D eigenvalue weighted by Gasteiger charge is -2.14. The zero-order valence-corrected chi connectivity index (χ0v) is 13.2. The maximum atomic E-state index is 13.5. The summed E-state index contributed by atoms with van der Waals surface area (Å²) in [4.78, 5) is 9.06. The molecule has 1 aromatic carbocycles. The van der Waals surface area contributed by atoms with Crippen LogP contribution in [0.25, 0.3) is 0 Å². The third-order valence-electron chi connectivity index (χ3n) is 3.78. The van der Waals surface area contributed by atoms with Crippen LogP contribution < -0.4 is 15.4 Å². The van der Waals surface area contributed by atoms with Crippen molar-refractivity contribution in [3.8, 4) is 5.75 Å². The number of aryl methyl sites for hydroxylation is 1. The molecule has 3 rings (SSSR count). The Morgan fingerprint density at radius 3 is 2.91 bits per heavy atom. The highest BCUT2D eigenvalue weighted by Crippen LogP contribution is 2.19. The van der Waals surface area contributed by atoms with Crippen LogP contribution in [-0.4, -0.2) is 36.2 Å². The normalized spacial score (nSPS) is 14.0. The lowest BCUT2D eigenvalue weighted by molar-refractivity contribution is 0.315. The SMILES string of the molecule is Cc1nc2c(c(NCCOc3ccccc3F)n1)CCNCC2. The van der Waals surface area contributed by atoms with Gasteiger partial charge in [0.2, 0.25) is 0 Å². The molecule has 0 saturated heterocycles. The number of anilines is 1. The predicted octanol–water partition coefficient (Wildman–Crippen LogP) is 2.10. The minimum absolute atomic E-state index is 0.274. The largest absolute Gasteiger partial charge is 0.489 e. The maximum Gasteiger partial charge on any atom is 0.165 e. The molecule has 0 aliphatic carbocycles. The van der Waals surface area contributed by atoms with Gasteiger partial charge in [-0.1, -0.05) is 12.1 Å². The van der Waals surface area contributed by atoms with Crippen LogP contribution in [0.3, 0.4) is 0 Å². The molecule has 1 aromatic heterocycles. The Labute approximate surface area is 135 Å². The molecule has 1 aliphatic heterocycles. The first-order valence-electron chi connectivity index (χ1n) is 7.92. The first-order valence-corrected chi connectivity index (χ1v) is 7.92. The van der Waals surface area contributed by atoms with E-state index in [0.29, 0.717) is 13.2 Å². The van der Waals surface area contributed by atoms with Gasteiger partial charge < -0.3 is 15.4 Å². The van der Waals surface area contributed by atoms with E-state index in [1.165, 1.54) is 11.6 Å². The van der Waals surface area contributed by atoms with E-state index in [1.807, 2.05) is 6.92 Å². The lowest BCUT2D eigenvalue weighted by atomic mass is 10.1. The monoisotopic (exact) mass is 316 g/mol. The fourth-order valence-corrected chi connectivity index (χ4v) is 2.71. The minimum Gasteiger partial charge on any atom is -0.489 e. The van der Waals surface area contributed by atoms with Crippen LogP contribution in [0, 0.1) is 12.7 Å². The summed E-state index contributed by atoms with van der Waals surface area (Å²) in [5, 5.41) is 6.68. The number of hydrogen-bond acceptors (Lipinski definition) is 5. The third-order valence-corrected chi connectivity index (χ3v) is 3.78. The number of para-hydroxylation sites is 1. The van der Waals surface area contributed by atoms with E-state index in [9.17, 15) is 4.39 Å². The van der Waals surface area contributed by atoms with E-state index in [2.05, 4.69) is 20.6 Å². The van der Waals surface area contributed by atoms with Crippen LogP contribution in [0.15, 0.2) is 24.3 Å². The van der Waals surface area contributed by atoms with Crippen molar-refractivity contribution >= 4 is 5.82 Å². The molecule has 0 fully saturated rings. The number of nitrogens with zero attached hydrogens (tertiary/aromatic N) is 2. The fraction of sp³-hybridized carbons (Fsp3) is 0.412. The topological polar surface area (TPSA) is 59.1 Å². The van der Waals surface area contributed by atoms with Gasteiger partial charge in [0.1, 0.15) is 18.2 Å². The molecule has 122 valence electrons. The number of benzene rings is 1. The highest BCUT2D eigenvalue weighted by atomic mass is 19.1. The Balaban J connectivity index is 1.62. The van der Waals surface area contributed by atoms with E-state index >= 15 is 0 Å². The summed E-state index contributed by atoms with van der Waals surface area (Å²) in [6.45, 7) is 4.71. The van der Waals surface area contributed by atoms with Gasteiger partial charge in [-0.05, 0) is 32.0 Å². The molecule has 5 nitrogen and oxygen atoms in total. The average molecular weight is 316 g/mol. The van der Waals surface area contributed by atoms with Crippen LogP contribution in [0.5, 0.6) is 5.75 Å². The van der Waals surface area contributed by atoms with Crippen molar-refractivity contribution in [2.75, 3.05) is 31.6 Å². The van der Waals surface area contributed by atoms with E-state index in [-0.39, 0.29) is 11.6 Å². The molecule has 0 saturated carbocycles. The van der Waals surface area contributed by atoms with Crippen molar-refractivity contribution in [2.45, 2.75) is 19.8 Å². The molecule has 0 amide bonds. The highest BCUT2D eigenvalue weighted by molar-refractivity contribution is 5.47.